The Kier molecular flexibility index (Phi) is 4.30. The van der Waals surface area contributed by atoms with Crippen molar-refractivity contribution < 1.29 is 0 Å². The van der Waals surface area contributed by atoms with Crippen molar-refractivity contribution in [2.75, 3.05) is 13.1 Å². The number of thiophene rings is 1. The van der Waals surface area contributed by atoms with Crippen LogP contribution in [0.4, 0.5) is 0 Å². The number of piperidine rings is 1. The Labute approximate surface area is 114 Å². The highest BCUT2D eigenvalue weighted by Crippen LogP contribution is 2.33. The molecule has 0 bridgehead atoms. The van der Waals surface area contributed by atoms with E-state index in [4.69, 9.17) is 17.3 Å². The molecule has 2 atom stereocenters. The van der Waals surface area contributed by atoms with Crippen LogP contribution in [0.5, 0.6) is 0 Å². The molecule has 0 amide bonds. The summed E-state index contributed by atoms with van der Waals surface area (Å²) in [5.74, 6) is 0.697. The molecule has 1 aliphatic heterocycles. The largest absolute Gasteiger partial charge is 0.327 e. The van der Waals surface area contributed by atoms with Crippen LogP contribution >= 0.6 is 38.9 Å². The molecule has 0 radical (unpaired) electrons. The number of nitrogens with zero attached hydrogens (tertiary/aromatic N) is 1. The number of hydrogen-bond donors (Lipinski definition) is 1. The summed E-state index contributed by atoms with van der Waals surface area (Å²) in [6, 6.07) is 2.43. The minimum atomic E-state index is 0.322. The summed E-state index contributed by atoms with van der Waals surface area (Å²) < 4.78 is 1.84. The molecule has 2 heterocycles. The van der Waals surface area contributed by atoms with Crippen molar-refractivity contribution in [1.29, 1.82) is 0 Å². The first kappa shape index (κ1) is 12.8. The molecule has 0 saturated carbocycles. The average Bonchev–Trinajstić information content (AvgIpc) is 2.43. The second-order valence-electron chi connectivity index (χ2n) is 4.63. The molecule has 1 aromatic rings. The molecule has 16 heavy (non-hydrogen) atoms. The third kappa shape index (κ3) is 3.20. The highest BCUT2D eigenvalue weighted by atomic mass is 79.9. The predicted molar refractivity (Wildman–Crippen MR) is 74.1 cm³/mol. The maximum atomic E-state index is 6.03. The van der Waals surface area contributed by atoms with E-state index in [2.05, 4.69) is 33.8 Å². The zero-order valence-corrected chi connectivity index (χ0v) is 12.4. The molecule has 2 nitrogen and oxygen atoms in total. The van der Waals surface area contributed by atoms with Crippen molar-refractivity contribution in [2.45, 2.75) is 25.9 Å². The molecule has 90 valence electrons. The number of halogens is 2. The maximum absolute atomic E-state index is 6.03. The maximum Gasteiger partial charge on any atom is 0.107 e. The van der Waals surface area contributed by atoms with Crippen LogP contribution in [-0.4, -0.2) is 24.0 Å². The normalized spacial score (nSPS) is 27.2. The van der Waals surface area contributed by atoms with E-state index in [1.165, 1.54) is 4.88 Å². The van der Waals surface area contributed by atoms with Crippen molar-refractivity contribution >= 4 is 38.9 Å². The van der Waals surface area contributed by atoms with Gasteiger partial charge in [0.1, 0.15) is 4.34 Å². The Bertz CT molecular complexity index is 339. The van der Waals surface area contributed by atoms with Crippen molar-refractivity contribution in [3.05, 3.63) is 19.8 Å². The molecule has 1 aromatic heterocycles. The molecule has 2 N–H and O–H groups in total. The van der Waals surface area contributed by atoms with Gasteiger partial charge < -0.3 is 5.73 Å². The van der Waals surface area contributed by atoms with Gasteiger partial charge >= 0.3 is 0 Å². The van der Waals surface area contributed by atoms with Gasteiger partial charge in [0.15, 0.2) is 0 Å². The molecule has 5 heteroatoms. The van der Waals surface area contributed by atoms with Crippen LogP contribution in [0.15, 0.2) is 10.5 Å². The highest BCUT2D eigenvalue weighted by Gasteiger charge is 2.22. The number of likely N-dealkylation sites (tertiary alicyclic amines) is 1. The predicted octanol–water partition coefficient (Wildman–Crippen LogP) is 3.33. The monoisotopic (exact) mass is 322 g/mol. The molecule has 1 aliphatic rings. The first-order valence-corrected chi connectivity index (χ1v) is 7.45. The minimum Gasteiger partial charge on any atom is -0.327 e. The molecule has 0 spiro atoms. The van der Waals surface area contributed by atoms with Crippen molar-refractivity contribution in [1.82, 2.24) is 4.90 Å². The first-order valence-electron chi connectivity index (χ1n) is 5.46. The summed E-state index contributed by atoms with van der Waals surface area (Å²) >= 11 is 11.1. The van der Waals surface area contributed by atoms with Gasteiger partial charge in [-0.3, -0.25) is 4.90 Å². The van der Waals surface area contributed by atoms with Crippen LogP contribution < -0.4 is 5.73 Å². The van der Waals surface area contributed by atoms with Crippen LogP contribution in [0, 0.1) is 5.92 Å². The van der Waals surface area contributed by atoms with Gasteiger partial charge in [0.05, 0.1) is 0 Å². The summed E-state index contributed by atoms with van der Waals surface area (Å²) in [6.07, 6.45) is 1.14. The Morgan fingerprint density at radius 1 is 1.62 bits per heavy atom. The molecule has 2 rings (SSSR count). The summed E-state index contributed by atoms with van der Waals surface area (Å²) in [5, 5.41) is 0. The van der Waals surface area contributed by atoms with E-state index in [1.807, 2.05) is 0 Å². The molecular weight excluding hydrogens is 308 g/mol. The zero-order valence-electron chi connectivity index (χ0n) is 9.25. The Hall–Kier alpha value is 0.390. The van der Waals surface area contributed by atoms with Crippen LogP contribution in [0.25, 0.3) is 0 Å². The fourth-order valence-corrected chi connectivity index (χ4v) is 4.16. The van der Waals surface area contributed by atoms with E-state index < -0.39 is 0 Å². The second kappa shape index (κ2) is 5.36. The van der Waals surface area contributed by atoms with E-state index in [0.717, 1.165) is 34.9 Å². The van der Waals surface area contributed by atoms with Gasteiger partial charge in [-0.05, 0) is 34.3 Å². The minimum absolute atomic E-state index is 0.322. The lowest BCUT2D eigenvalue weighted by molar-refractivity contribution is 0.159. The lowest BCUT2D eigenvalue weighted by Gasteiger charge is -2.34. The quantitative estimate of drug-likeness (QED) is 0.904. The smallest absolute Gasteiger partial charge is 0.107 e. The summed E-state index contributed by atoms with van der Waals surface area (Å²) in [7, 11) is 0. The van der Waals surface area contributed by atoms with Crippen LogP contribution in [0.1, 0.15) is 18.2 Å². The van der Waals surface area contributed by atoms with E-state index in [1.54, 1.807) is 11.3 Å². The lowest BCUT2D eigenvalue weighted by atomic mass is 9.97. The Morgan fingerprint density at radius 3 is 2.94 bits per heavy atom. The van der Waals surface area contributed by atoms with E-state index in [9.17, 15) is 0 Å². The summed E-state index contributed by atoms with van der Waals surface area (Å²) in [5.41, 5.74) is 6.03. The van der Waals surface area contributed by atoms with Gasteiger partial charge in [-0.15, -0.1) is 11.3 Å². The van der Waals surface area contributed by atoms with E-state index in [-0.39, 0.29) is 0 Å². The summed E-state index contributed by atoms with van der Waals surface area (Å²) in [6.45, 7) is 5.37. The van der Waals surface area contributed by atoms with Gasteiger partial charge in [0.25, 0.3) is 0 Å². The molecule has 2 unspecified atom stereocenters. The van der Waals surface area contributed by atoms with E-state index in [0.29, 0.717) is 12.0 Å². The number of rotatable bonds is 2. The molecule has 0 aromatic carbocycles. The lowest BCUT2D eigenvalue weighted by Crippen LogP contribution is -2.45. The molecular formula is C11H16BrClN2S. The van der Waals surface area contributed by atoms with Gasteiger partial charge in [-0.25, -0.2) is 0 Å². The topological polar surface area (TPSA) is 29.3 Å². The van der Waals surface area contributed by atoms with Gasteiger partial charge in [-0.2, -0.15) is 0 Å². The van der Waals surface area contributed by atoms with Gasteiger partial charge in [-0.1, -0.05) is 18.5 Å². The van der Waals surface area contributed by atoms with Gasteiger partial charge in [0, 0.05) is 35.0 Å². The van der Waals surface area contributed by atoms with Crippen LogP contribution in [-0.2, 0) is 6.54 Å². The highest BCUT2D eigenvalue weighted by molar-refractivity contribution is 9.10. The van der Waals surface area contributed by atoms with Crippen LogP contribution in [0.2, 0.25) is 4.34 Å². The third-order valence-corrected chi connectivity index (χ3v) is 5.30. The second-order valence-corrected chi connectivity index (χ2v) is 7.22. The number of nitrogens with two attached hydrogens (primary N) is 1. The standard InChI is InChI=1S/C11H16BrClN2S/c1-7-2-8(14)5-15(4-7)6-9-3-10(12)11(13)16-9/h3,7-8H,2,4-6,14H2,1H3. The SMILES string of the molecule is CC1CC(N)CN(Cc2cc(Br)c(Cl)s2)C1. The average molecular weight is 324 g/mol. The fourth-order valence-electron chi connectivity index (χ4n) is 2.33. The van der Waals surface area contributed by atoms with Gasteiger partial charge in [0.2, 0.25) is 0 Å². The molecule has 0 aliphatic carbocycles. The third-order valence-electron chi connectivity index (χ3n) is 2.84. The molecule has 1 fully saturated rings. The fraction of sp³-hybridized carbons (Fsp3) is 0.636. The number of hydrogen-bond acceptors (Lipinski definition) is 3. The molecule has 1 saturated heterocycles. The van der Waals surface area contributed by atoms with Crippen molar-refractivity contribution in [3.63, 3.8) is 0 Å². The summed E-state index contributed by atoms with van der Waals surface area (Å²) in [4.78, 5) is 3.73. The Morgan fingerprint density at radius 2 is 2.38 bits per heavy atom. The van der Waals surface area contributed by atoms with Crippen molar-refractivity contribution in [3.8, 4) is 0 Å². The first-order chi connectivity index (χ1) is 7.54. The zero-order chi connectivity index (χ0) is 11.7. The Balaban J connectivity index is 1.98. The van der Waals surface area contributed by atoms with Crippen LogP contribution in [0.3, 0.4) is 0 Å². The van der Waals surface area contributed by atoms with E-state index >= 15 is 0 Å². The van der Waals surface area contributed by atoms with Crippen molar-refractivity contribution in [2.24, 2.45) is 11.7 Å².